The zero-order valence-electron chi connectivity index (χ0n) is 16.2. The van der Waals surface area contributed by atoms with Gasteiger partial charge in [0.2, 0.25) is 0 Å². The Bertz CT molecular complexity index is 1060. The van der Waals surface area contributed by atoms with Crippen molar-refractivity contribution in [1.82, 2.24) is 15.2 Å². The van der Waals surface area contributed by atoms with Gasteiger partial charge in [0.05, 0.1) is 21.8 Å². The van der Waals surface area contributed by atoms with E-state index in [1.807, 2.05) is 6.07 Å². The number of thiazole rings is 1. The van der Waals surface area contributed by atoms with Crippen LogP contribution in [0.25, 0.3) is 10.2 Å². The zero-order valence-corrected chi connectivity index (χ0v) is 17.8. The third-order valence-electron chi connectivity index (χ3n) is 4.97. The number of carbonyl (C=O) groups is 1. The number of halogens is 2. The zero-order chi connectivity index (χ0) is 20.2. The molecule has 0 bridgehead atoms. The summed E-state index contributed by atoms with van der Waals surface area (Å²) in [5.41, 5.74) is 1.93. The molecule has 0 saturated carbocycles. The predicted molar refractivity (Wildman–Crippen MR) is 119 cm³/mol. The summed E-state index contributed by atoms with van der Waals surface area (Å²) in [5.74, 6) is -0.365. The molecule has 2 aromatic carbocycles. The van der Waals surface area contributed by atoms with E-state index in [0.29, 0.717) is 17.7 Å². The fourth-order valence-corrected chi connectivity index (χ4v) is 4.35. The molecule has 156 valence electrons. The van der Waals surface area contributed by atoms with Crippen molar-refractivity contribution in [3.63, 3.8) is 0 Å². The summed E-state index contributed by atoms with van der Waals surface area (Å²) in [4.78, 5) is 21.3. The van der Waals surface area contributed by atoms with E-state index in [1.165, 1.54) is 23.5 Å². The lowest BCUT2D eigenvalue weighted by molar-refractivity contribution is 0.0948. The summed E-state index contributed by atoms with van der Waals surface area (Å²) < 4.78 is 14.2. The second-order valence-electron chi connectivity index (χ2n) is 6.88. The highest BCUT2D eigenvalue weighted by Crippen LogP contribution is 2.29. The summed E-state index contributed by atoms with van der Waals surface area (Å²) >= 11 is 1.52. The molecule has 1 saturated heterocycles. The number of anilines is 1. The molecule has 4 rings (SSSR count). The Balaban J connectivity index is 0.00000256. The summed E-state index contributed by atoms with van der Waals surface area (Å²) in [6, 6.07) is 13.3. The number of hydrogen-bond donors (Lipinski definition) is 1. The number of nitrogens with zero attached hydrogens (tertiary/aromatic N) is 4. The smallest absolute Gasteiger partial charge is 0.251 e. The molecule has 2 heterocycles. The molecule has 0 unspecified atom stereocenters. The van der Waals surface area contributed by atoms with Crippen molar-refractivity contribution in [1.29, 1.82) is 5.26 Å². The SMILES string of the molecule is Cl.N#Cc1ccc(C(=O)NCCN2CCN(c3nc4ccc(F)cc4s3)CC2)cc1. The second-order valence-corrected chi connectivity index (χ2v) is 7.89. The fourth-order valence-electron chi connectivity index (χ4n) is 3.31. The Morgan fingerprint density at radius 1 is 1.17 bits per heavy atom. The molecular formula is C21H21ClFN5OS. The van der Waals surface area contributed by atoms with Crippen LogP contribution >= 0.6 is 23.7 Å². The Labute approximate surface area is 184 Å². The molecule has 1 aromatic heterocycles. The van der Waals surface area contributed by atoms with E-state index in [-0.39, 0.29) is 24.1 Å². The molecule has 0 atom stereocenters. The topological polar surface area (TPSA) is 72.3 Å². The van der Waals surface area contributed by atoms with Crippen LogP contribution in [0.4, 0.5) is 9.52 Å². The van der Waals surface area contributed by atoms with Crippen LogP contribution in [-0.2, 0) is 0 Å². The maximum Gasteiger partial charge on any atom is 0.251 e. The molecule has 1 N–H and O–H groups in total. The molecule has 3 aromatic rings. The molecule has 6 nitrogen and oxygen atoms in total. The average Bonchev–Trinajstić information content (AvgIpc) is 3.17. The van der Waals surface area contributed by atoms with Crippen LogP contribution < -0.4 is 10.2 Å². The monoisotopic (exact) mass is 445 g/mol. The van der Waals surface area contributed by atoms with Gasteiger partial charge in [-0.2, -0.15) is 5.26 Å². The van der Waals surface area contributed by atoms with E-state index >= 15 is 0 Å². The van der Waals surface area contributed by atoms with E-state index < -0.39 is 0 Å². The second kappa shape index (κ2) is 9.85. The van der Waals surface area contributed by atoms with Gasteiger partial charge in [-0.1, -0.05) is 11.3 Å². The molecule has 1 amide bonds. The first-order valence-corrected chi connectivity index (χ1v) is 10.3. The average molecular weight is 446 g/mol. The number of hydrogen-bond acceptors (Lipinski definition) is 6. The van der Waals surface area contributed by atoms with E-state index in [4.69, 9.17) is 5.26 Å². The van der Waals surface area contributed by atoms with Crippen LogP contribution in [0.1, 0.15) is 15.9 Å². The van der Waals surface area contributed by atoms with Gasteiger partial charge in [-0.05, 0) is 42.5 Å². The number of aromatic nitrogens is 1. The van der Waals surface area contributed by atoms with Gasteiger partial charge >= 0.3 is 0 Å². The molecule has 1 aliphatic rings. The number of carbonyl (C=O) groups excluding carboxylic acids is 1. The van der Waals surface area contributed by atoms with Gasteiger partial charge < -0.3 is 10.2 Å². The highest BCUT2D eigenvalue weighted by Gasteiger charge is 2.20. The van der Waals surface area contributed by atoms with E-state index in [0.717, 1.165) is 48.1 Å². The lowest BCUT2D eigenvalue weighted by atomic mass is 10.1. The molecule has 0 radical (unpaired) electrons. The normalized spacial score (nSPS) is 14.2. The van der Waals surface area contributed by atoms with E-state index in [9.17, 15) is 9.18 Å². The van der Waals surface area contributed by atoms with Crippen LogP contribution in [0.15, 0.2) is 42.5 Å². The van der Waals surface area contributed by atoms with Crippen molar-refractivity contribution in [2.75, 3.05) is 44.2 Å². The molecule has 1 aliphatic heterocycles. The molecule has 30 heavy (non-hydrogen) atoms. The first kappa shape index (κ1) is 22.0. The summed E-state index contributed by atoms with van der Waals surface area (Å²) in [6.45, 7) is 4.83. The molecule has 1 fully saturated rings. The highest BCUT2D eigenvalue weighted by molar-refractivity contribution is 7.22. The fraction of sp³-hybridized carbons (Fsp3) is 0.286. The maximum atomic E-state index is 13.4. The van der Waals surface area contributed by atoms with Gasteiger partial charge in [-0.25, -0.2) is 9.37 Å². The Morgan fingerprint density at radius 3 is 2.60 bits per heavy atom. The van der Waals surface area contributed by atoms with Gasteiger partial charge in [0.1, 0.15) is 5.82 Å². The van der Waals surface area contributed by atoms with Crippen LogP contribution in [0.2, 0.25) is 0 Å². The Morgan fingerprint density at radius 2 is 1.90 bits per heavy atom. The number of amides is 1. The molecule has 0 spiro atoms. The van der Waals surface area contributed by atoms with Crippen molar-refractivity contribution in [2.24, 2.45) is 0 Å². The van der Waals surface area contributed by atoms with Crippen LogP contribution in [0.5, 0.6) is 0 Å². The van der Waals surface area contributed by atoms with Gasteiger partial charge in [0, 0.05) is 44.8 Å². The first-order chi connectivity index (χ1) is 14.1. The van der Waals surface area contributed by atoms with E-state index in [1.54, 1.807) is 30.3 Å². The van der Waals surface area contributed by atoms with Gasteiger partial charge in [-0.15, -0.1) is 12.4 Å². The van der Waals surface area contributed by atoms with Crippen LogP contribution in [0, 0.1) is 17.1 Å². The number of rotatable bonds is 5. The number of fused-ring (bicyclic) bond motifs is 1. The number of benzene rings is 2. The Hall–Kier alpha value is -2.73. The third-order valence-corrected chi connectivity index (χ3v) is 6.05. The maximum absolute atomic E-state index is 13.4. The highest BCUT2D eigenvalue weighted by atomic mass is 35.5. The van der Waals surface area contributed by atoms with Crippen LogP contribution in [-0.4, -0.2) is 55.1 Å². The minimum absolute atomic E-state index is 0. The molecule has 9 heteroatoms. The summed E-state index contributed by atoms with van der Waals surface area (Å²) in [5, 5.41) is 12.7. The van der Waals surface area contributed by atoms with Crippen molar-refractivity contribution in [3.05, 3.63) is 59.4 Å². The molecule has 0 aliphatic carbocycles. The minimum atomic E-state index is -0.236. The summed E-state index contributed by atoms with van der Waals surface area (Å²) in [7, 11) is 0. The van der Waals surface area contributed by atoms with Crippen molar-refractivity contribution in [3.8, 4) is 6.07 Å². The van der Waals surface area contributed by atoms with Crippen molar-refractivity contribution < 1.29 is 9.18 Å². The number of piperazine rings is 1. The third kappa shape index (κ3) is 5.05. The number of nitriles is 1. The quantitative estimate of drug-likeness (QED) is 0.652. The summed E-state index contributed by atoms with van der Waals surface area (Å²) in [6.07, 6.45) is 0. The lowest BCUT2D eigenvalue weighted by Crippen LogP contribution is -2.48. The van der Waals surface area contributed by atoms with Gasteiger partial charge in [0.15, 0.2) is 5.13 Å². The Kier molecular flexibility index (Phi) is 7.21. The minimum Gasteiger partial charge on any atom is -0.351 e. The first-order valence-electron chi connectivity index (χ1n) is 9.44. The van der Waals surface area contributed by atoms with Crippen molar-refractivity contribution >= 4 is 45.0 Å². The van der Waals surface area contributed by atoms with Crippen LogP contribution in [0.3, 0.4) is 0 Å². The predicted octanol–water partition coefficient (Wildman–Crippen LogP) is 3.28. The van der Waals surface area contributed by atoms with Gasteiger partial charge in [0.25, 0.3) is 5.91 Å². The number of nitrogens with one attached hydrogen (secondary N) is 1. The standard InChI is InChI=1S/C21H20FN5OS.ClH/c22-17-5-6-18-19(13-17)29-21(25-18)27-11-9-26(10-12-27)8-7-24-20(28)16-3-1-15(14-23)2-4-16;/h1-6,13H,7-12H2,(H,24,28);1H. The molecular weight excluding hydrogens is 425 g/mol. The van der Waals surface area contributed by atoms with Crippen molar-refractivity contribution in [2.45, 2.75) is 0 Å². The van der Waals surface area contributed by atoms with E-state index in [2.05, 4.69) is 20.1 Å². The van der Waals surface area contributed by atoms with Gasteiger partial charge in [-0.3, -0.25) is 9.69 Å². The largest absolute Gasteiger partial charge is 0.351 e. The lowest BCUT2D eigenvalue weighted by Gasteiger charge is -2.34.